The summed E-state index contributed by atoms with van der Waals surface area (Å²) < 4.78 is 13.7. The molecule has 1 aliphatic carbocycles. The second kappa shape index (κ2) is 5.31. The first-order chi connectivity index (χ1) is 12.2. The van der Waals surface area contributed by atoms with Gasteiger partial charge in [0.05, 0.1) is 21.4 Å². The molecule has 0 amide bonds. The third-order valence-corrected chi connectivity index (χ3v) is 8.17. The summed E-state index contributed by atoms with van der Waals surface area (Å²) in [7, 11) is 1.92. The summed E-state index contributed by atoms with van der Waals surface area (Å²) >= 11 is 1.87. The third kappa shape index (κ3) is 2.42. The van der Waals surface area contributed by atoms with Crippen LogP contribution in [-0.2, 0) is 14.7 Å². The minimum Gasteiger partial charge on any atom is -0.399 e. The van der Waals surface area contributed by atoms with E-state index >= 15 is 0 Å². The molecule has 4 aliphatic rings. The molecule has 0 radical (unpaired) electrons. The first-order valence-corrected chi connectivity index (χ1v) is 10.4. The summed E-state index contributed by atoms with van der Waals surface area (Å²) in [6.07, 6.45) is 2.61. The van der Waals surface area contributed by atoms with Crippen molar-refractivity contribution in [2.24, 2.45) is 5.92 Å². The third-order valence-electron chi connectivity index (χ3n) is 6.89. The lowest BCUT2D eigenvalue weighted by atomic mass is 9.59. The Hall–Kier alpha value is -0.945. The maximum atomic E-state index is 6.21. The summed E-state index contributed by atoms with van der Waals surface area (Å²) in [5, 5.41) is 1.32. The summed E-state index contributed by atoms with van der Waals surface area (Å²) in [6.45, 7) is 10.8. The predicted octanol–water partition coefficient (Wildman–Crippen LogP) is 3.19. The van der Waals surface area contributed by atoms with E-state index < -0.39 is 0 Å². The van der Waals surface area contributed by atoms with Crippen LogP contribution in [0, 0.1) is 5.92 Å². The number of thiazole rings is 1. The summed E-state index contributed by atoms with van der Waals surface area (Å²) in [5.74, 6) is 0.862. The summed E-state index contributed by atoms with van der Waals surface area (Å²) in [6, 6.07) is 6.49. The lowest BCUT2D eigenvalue weighted by Crippen LogP contribution is -2.57. The van der Waals surface area contributed by atoms with E-state index in [1.54, 1.807) is 0 Å². The van der Waals surface area contributed by atoms with Gasteiger partial charge in [-0.1, -0.05) is 6.07 Å². The molecule has 4 fully saturated rings. The average Bonchev–Trinajstić information content (AvgIpc) is 3.04. The number of piperidine rings is 2. The molecule has 4 heterocycles. The van der Waals surface area contributed by atoms with Crippen molar-refractivity contribution in [3.05, 3.63) is 23.2 Å². The van der Waals surface area contributed by atoms with Gasteiger partial charge >= 0.3 is 7.12 Å². The van der Waals surface area contributed by atoms with Crippen LogP contribution in [0.2, 0.25) is 0 Å². The Kier molecular flexibility index (Phi) is 3.51. The van der Waals surface area contributed by atoms with Crippen LogP contribution in [0.15, 0.2) is 18.2 Å². The number of fused-ring (bicyclic) bond motifs is 3. The van der Waals surface area contributed by atoms with E-state index in [4.69, 9.17) is 14.3 Å². The number of likely N-dealkylation sites (N-methyl/N-ethyl adjacent to an activating group) is 1. The Bertz CT molecular complexity index is 856. The van der Waals surface area contributed by atoms with Crippen molar-refractivity contribution in [2.45, 2.75) is 57.2 Å². The van der Waals surface area contributed by atoms with Gasteiger partial charge in [-0.05, 0) is 71.1 Å². The van der Waals surface area contributed by atoms with Crippen LogP contribution in [0.3, 0.4) is 0 Å². The molecule has 2 bridgehead atoms. The molecule has 0 spiro atoms. The van der Waals surface area contributed by atoms with Gasteiger partial charge in [-0.2, -0.15) is 0 Å². The average molecular weight is 370 g/mol. The molecule has 6 heteroatoms. The van der Waals surface area contributed by atoms with E-state index in [1.165, 1.54) is 29.1 Å². The second-order valence-corrected chi connectivity index (χ2v) is 10.6. The monoisotopic (exact) mass is 370 g/mol. The van der Waals surface area contributed by atoms with Gasteiger partial charge in [0.1, 0.15) is 5.01 Å². The van der Waals surface area contributed by atoms with Gasteiger partial charge in [0, 0.05) is 18.5 Å². The molecule has 0 N–H and O–H groups in total. The standard InChI is InChI=1S/C20H27BN2O2S/c1-18(2)19(3,4)25-21(24-18)14-6-7-16-15(8-14)22-17(26-16)20-9-13(10-20)11-23(5)12-20/h6-8,13H,9-12H2,1-5H3. The Balaban J connectivity index is 1.46. The topological polar surface area (TPSA) is 34.6 Å². The highest BCUT2D eigenvalue weighted by atomic mass is 32.1. The van der Waals surface area contributed by atoms with Crippen molar-refractivity contribution in [2.75, 3.05) is 20.1 Å². The quantitative estimate of drug-likeness (QED) is 0.761. The zero-order chi connectivity index (χ0) is 18.3. The zero-order valence-electron chi connectivity index (χ0n) is 16.3. The van der Waals surface area contributed by atoms with Gasteiger partial charge < -0.3 is 14.2 Å². The Morgan fingerprint density at radius 1 is 1.15 bits per heavy atom. The van der Waals surface area contributed by atoms with Crippen molar-refractivity contribution in [1.82, 2.24) is 9.88 Å². The van der Waals surface area contributed by atoms with Crippen molar-refractivity contribution in [3.8, 4) is 0 Å². The fourth-order valence-corrected chi connectivity index (χ4v) is 6.01. The van der Waals surface area contributed by atoms with Crippen molar-refractivity contribution in [1.29, 1.82) is 0 Å². The maximum Gasteiger partial charge on any atom is 0.494 e. The molecule has 4 nitrogen and oxygen atoms in total. The summed E-state index contributed by atoms with van der Waals surface area (Å²) in [5.41, 5.74) is 1.83. The number of rotatable bonds is 2. The molecular formula is C20H27BN2O2S. The van der Waals surface area contributed by atoms with Gasteiger partial charge in [-0.25, -0.2) is 4.98 Å². The second-order valence-electron chi connectivity index (χ2n) is 9.59. The molecule has 2 aromatic rings. The highest BCUT2D eigenvalue weighted by Crippen LogP contribution is 2.53. The van der Waals surface area contributed by atoms with Crippen molar-refractivity contribution < 1.29 is 9.31 Å². The first kappa shape index (κ1) is 17.2. The molecule has 3 aliphatic heterocycles. The molecule has 0 atom stereocenters. The van der Waals surface area contributed by atoms with Crippen LogP contribution < -0.4 is 5.46 Å². The smallest absolute Gasteiger partial charge is 0.399 e. The minimum absolute atomic E-state index is 0.297. The Labute approximate surface area is 160 Å². The summed E-state index contributed by atoms with van der Waals surface area (Å²) in [4.78, 5) is 7.54. The fraction of sp³-hybridized carbons (Fsp3) is 0.650. The SMILES string of the molecule is CN1CC2CC(c3nc4cc(B5OC(C)(C)C(C)(C)O5)ccc4s3)(C2)C1. The van der Waals surface area contributed by atoms with Crippen molar-refractivity contribution >= 4 is 34.1 Å². The molecule has 26 heavy (non-hydrogen) atoms. The van der Waals surface area contributed by atoms with E-state index in [0.29, 0.717) is 5.41 Å². The molecule has 0 unspecified atom stereocenters. The van der Waals surface area contributed by atoms with E-state index in [2.05, 4.69) is 57.8 Å². The number of aromatic nitrogens is 1. The zero-order valence-corrected chi connectivity index (χ0v) is 17.2. The van der Waals surface area contributed by atoms with Crippen LogP contribution in [0.5, 0.6) is 0 Å². The van der Waals surface area contributed by atoms with Crippen molar-refractivity contribution in [3.63, 3.8) is 0 Å². The number of hydrogen-bond donors (Lipinski definition) is 0. The van der Waals surface area contributed by atoms with Crippen LogP contribution >= 0.6 is 11.3 Å². The largest absolute Gasteiger partial charge is 0.494 e. The van der Waals surface area contributed by atoms with Gasteiger partial charge in [0.2, 0.25) is 0 Å². The lowest BCUT2D eigenvalue weighted by molar-refractivity contribution is 0.00578. The first-order valence-electron chi connectivity index (χ1n) is 9.63. The fourth-order valence-electron chi connectivity index (χ4n) is 4.86. The molecule has 1 saturated carbocycles. The van der Waals surface area contributed by atoms with E-state index in [0.717, 1.165) is 23.4 Å². The predicted molar refractivity (Wildman–Crippen MR) is 107 cm³/mol. The van der Waals surface area contributed by atoms with Crippen LogP contribution in [0.1, 0.15) is 45.5 Å². The van der Waals surface area contributed by atoms with Crippen LogP contribution in [-0.4, -0.2) is 48.3 Å². The van der Waals surface area contributed by atoms with E-state index in [1.807, 2.05) is 11.3 Å². The highest BCUT2D eigenvalue weighted by Gasteiger charge is 2.53. The number of nitrogens with zero attached hydrogens (tertiary/aromatic N) is 2. The molecular weight excluding hydrogens is 343 g/mol. The Morgan fingerprint density at radius 3 is 2.50 bits per heavy atom. The molecule has 138 valence electrons. The number of hydrogen-bond acceptors (Lipinski definition) is 5. The highest BCUT2D eigenvalue weighted by molar-refractivity contribution is 7.18. The van der Waals surface area contributed by atoms with Gasteiger partial charge in [0.25, 0.3) is 0 Å². The molecule has 1 aromatic heterocycles. The van der Waals surface area contributed by atoms with E-state index in [9.17, 15) is 0 Å². The van der Waals surface area contributed by atoms with Gasteiger partial charge in [-0.15, -0.1) is 11.3 Å². The van der Waals surface area contributed by atoms with Crippen LogP contribution in [0.25, 0.3) is 10.2 Å². The number of benzene rings is 1. The minimum atomic E-state index is -0.318. The molecule has 3 saturated heterocycles. The lowest BCUT2D eigenvalue weighted by Gasteiger charge is -2.54. The Morgan fingerprint density at radius 2 is 1.85 bits per heavy atom. The maximum absolute atomic E-state index is 6.21. The van der Waals surface area contributed by atoms with E-state index in [-0.39, 0.29) is 18.3 Å². The molecule has 1 aromatic carbocycles. The molecule has 6 rings (SSSR count). The van der Waals surface area contributed by atoms with Crippen LogP contribution in [0.4, 0.5) is 0 Å². The van der Waals surface area contributed by atoms with Gasteiger partial charge in [0.15, 0.2) is 0 Å². The van der Waals surface area contributed by atoms with Gasteiger partial charge in [-0.3, -0.25) is 0 Å². The normalized spacial score (nSPS) is 32.8.